The third-order valence-electron chi connectivity index (χ3n) is 2.24. The molecule has 0 radical (unpaired) electrons. The van der Waals surface area contributed by atoms with E-state index in [9.17, 15) is 4.79 Å². The van der Waals surface area contributed by atoms with Gasteiger partial charge in [-0.1, -0.05) is 29.0 Å². The highest BCUT2D eigenvalue weighted by Gasteiger charge is 2.09. The van der Waals surface area contributed by atoms with E-state index < -0.39 is 0 Å². The molecular weight excluding hydrogens is 250 g/mol. The summed E-state index contributed by atoms with van der Waals surface area (Å²) in [5.41, 5.74) is 1.65. The summed E-state index contributed by atoms with van der Waals surface area (Å²) in [6.07, 6.45) is 0. The zero-order valence-electron chi connectivity index (χ0n) is 10.1. The Morgan fingerprint density at radius 3 is 3.00 bits per heavy atom. The van der Waals surface area contributed by atoms with Crippen LogP contribution in [0.2, 0.25) is 0 Å². The molecule has 1 amide bonds. The Balaban J connectivity index is 2.06. The third-order valence-corrected chi connectivity index (χ3v) is 3.05. The van der Waals surface area contributed by atoms with Gasteiger partial charge in [0.05, 0.1) is 0 Å². The summed E-state index contributed by atoms with van der Waals surface area (Å²) < 4.78 is 4.94. The van der Waals surface area contributed by atoms with Crippen molar-refractivity contribution in [2.75, 3.05) is 12.4 Å². The molecule has 5 nitrogen and oxygen atoms in total. The van der Waals surface area contributed by atoms with Crippen LogP contribution in [0.1, 0.15) is 20.9 Å². The predicted molar refractivity (Wildman–Crippen MR) is 69.8 cm³/mol. The highest BCUT2D eigenvalue weighted by atomic mass is 32.1. The lowest BCUT2D eigenvalue weighted by atomic mass is 10.1. The number of rotatable bonds is 4. The van der Waals surface area contributed by atoms with Crippen molar-refractivity contribution in [3.05, 3.63) is 40.4 Å². The van der Waals surface area contributed by atoms with Crippen LogP contribution in [0.25, 0.3) is 0 Å². The van der Waals surface area contributed by atoms with E-state index >= 15 is 0 Å². The van der Waals surface area contributed by atoms with Crippen LogP contribution < -0.4 is 5.32 Å². The number of ether oxygens (including phenoxy) is 1. The van der Waals surface area contributed by atoms with E-state index in [2.05, 4.69) is 15.5 Å². The quantitative estimate of drug-likeness (QED) is 0.918. The summed E-state index contributed by atoms with van der Waals surface area (Å²) in [6, 6.07) is 7.38. The van der Waals surface area contributed by atoms with Crippen molar-refractivity contribution in [3.8, 4) is 0 Å². The van der Waals surface area contributed by atoms with E-state index in [-0.39, 0.29) is 5.91 Å². The van der Waals surface area contributed by atoms with Gasteiger partial charge in [0.1, 0.15) is 11.6 Å². The number of aromatic nitrogens is 2. The summed E-state index contributed by atoms with van der Waals surface area (Å²) in [7, 11) is 1.59. The first kappa shape index (κ1) is 12.7. The summed E-state index contributed by atoms with van der Waals surface area (Å²) >= 11 is 1.31. The van der Waals surface area contributed by atoms with Gasteiger partial charge < -0.3 is 4.74 Å². The first-order valence-electron chi connectivity index (χ1n) is 5.38. The lowest BCUT2D eigenvalue weighted by Gasteiger charge is -2.01. The number of anilines is 1. The number of hydrogen-bond donors (Lipinski definition) is 1. The van der Waals surface area contributed by atoms with Crippen molar-refractivity contribution in [3.63, 3.8) is 0 Å². The van der Waals surface area contributed by atoms with E-state index in [1.165, 1.54) is 11.3 Å². The molecule has 0 spiro atoms. The Hall–Kier alpha value is -1.79. The number of amides is 1. The van der Waals surface area contributed by atoms with Crippen LogP contribution in [0.15, 0.2) is 24.3 Å². The maximum atomic E-state index is 11.9. The van der Waals surface area contributed by atoms with Gasteiger partial charge in [-0.15, -0.1) is 10.2 Å². The molecule has 2 aromatic rings. The molecule has 0 bridgehead atoms. The number of methoxy groups -OCH3 is 1. The Labute approximate surface area is 109 Å². The monoisotopic (exact) mass is 263 g/mol. The molecule has 0 atom stereocenters. The molecule has 6 heteroatoms. The van der Waals surface area contributed by atoms with Crippen molar-refractivity contribution < 1.29 is 9.53 Å². The van der Waals surface area contributed by atoms with Gasteiger partial charge in [-0.05, 0) is 19.1 Å². The van der Waals surface area contributed by atoms with Crippen molar-refractivity contribution in [1.82, 2.24) is 10.2 Å². The third kappa shape index (κ3) is 3.12. The van der Waals surface area contributed by atoms with Crippen LogP contribution in [0.5, 0.6) is 0 Å². The van der Waals surface area contributed by atoms with Gasteiger partial charge in [0.25, 0.3) is 5.91 Å². The fourth-order valence-corrected chi connectivity index (χ4v) is 2.15. The molecule has 0 saturated carbocycles. The first-order valence-corrected chi connectivity index (χ1v) is 6.20. The largest absolute Gasteiger partial charge is 0.377 e. The fourth-order valence-electron chi connectivity index (χ4n) is 1.44. The minimum Gasteiger partial charge on any atom is -0.377 e. The highest BCUT2D eigenvalue weighted by molar-refractivity contribution is 7.15. The molecule has 0 saturated heterocycles. The average molecular weight is 263 g/mol. The van der Waals surface area contributed by atoms with Crippen LogP contribution in [-0.4, -0.2) is 23.2 Å². The van der Waals surface area contributed by atoms with E-state index in [1.54, 1.807) is 13.2 Å². The summed E-state index contributed by atoms with van der Waals surface area (Å²) in [5, 5.41) is 11.7. The maximum Gasteiger partial charge on any atom is 0.257 e. The molecule has 0 aliphatic rings. The fraction of sp³-hybridized carbons (Fsp3) is 0.250. The van der Waals surface area contributed by atoms with Crippen LogP contribution in [0.3, 0.4) is 0 Å². The number of nitrogens with one attached hydrogen (secondary N) is 1. The summed E-state index contributed by atoms with van der Waals surface area (Å²) in [6.45, 7) is 2.34. The lowest BCUT2D eigenvalue weighted by Crippen LogP contribution is -2.11. The lowest BCUT2D eigenvalue weighted by molar-refractivity contribution is 0.102. The molecule has 0 fully saturated rings. The molecule has 1 aromatic heterocycles. The second kappa shape index (κ2) is 5.70. The minimum absolute atomic E-state index is 0.182. The average Bonchev–Trinajstić information content (AvgIpc) is 2.77. The minimum atomic E-state index is -0.182. The number of carbonyl (C=O) groups excluding carboxylic acids is 1. The second-order valence-corrected chi connectivity index (χ2v) is 4.82. The van der Waals surface area contributed by atoms with Crippen molar-refractivity contribution in [2.45, 2.75) is 13.5 Å². The van der Waals surface area contributed by atoms with Gasteiger partial charge in [0.2, 0.25) is 5.13 Å². The van der Waals surface area contributed by atoms with E-state index in [1.807, 2.05) is 25.1 Å². The molecule has 0 unspecified atom stereocenters. The molecule has 1 heterocycles. The molecule has 1 N–H and O–H groups in total. The normalized spacial score (nSPS) is 10.3. The van der Waals surface area contributed by atoms with Crippen molar-refractivity contribution >= 4 is 22.4 Å². The van der Waals surface area contributed by atoms with E-state index in [0.717, 1.165) is 10.6 Å². The highest BCUT2D eigenvalue weighted by Crippen LogP contribution is 2.17. The molecule has 18 heavy (non-hydrogen) atoms. The number of carbonyl (C=O) groups is 1. The molecule has 0 aliphatic carbocycles. The van der Waals surface area contributed by atoms with Gasteiger partial charge >= 0.3 is 0 Å². The van der Waals surface area contributed by atoms with E-state index in [0.29, 0.717) is 17.3 Å². The van der Waals surface area contributed by atoms with Gasteiger partial charge in [0.15, 0.2) is 0 Å². The molecule has 2 rings (SSSR count). The number of benzene rings is 1. The second-order valence-electron chi connectivity index (χ2n) is 3.76. The zero-order valence-corrected chi connectivity index (χ0v) is 11.0. The van der Waals surface area contributed by atoms with E-state index in [4.69, 9.17) is 4.74 Å². The zero-order chi connectivity index (χ0) is 13.0. The molecule has 94 valence electrons. The summed E-state index contributed by atoms with van der Waals surface area (Å²) in [5.74, 6) is -0.182. The molecule has 1 aromatic carbocycles. The summed E-state index contributed by atoms with van der Waals surface area (Å²) in [4.78, 5) is 11.9. The number of hydrogen-bond acceptors (Lipinski definition) is 5. The Morgan fingerprint density at radius 2 is 2.28 bits per heavy atom. The van der Waals surface area contributed by atoms with Crippen LogP contribution in [0.4, 0.5) is 5.13 Å². The van der Waals surface area contributed by atoms with Crippen LogP contribution in [-0.2, 0) is 11.3 Å². The van der Waals surface area contributed by atoms with Crippen molar-refractivity contribution in [1.29, 1.82) is 0 Å². The van der Waals surface area contributed by atoms with Gasteiger partial charge in [-0.3, -0.25) is 10.1 Å². The topological polar surface area (TPSA) is 64.1 Å². The molecular formula is C12H13N3O2S. The van der Waals surface area contributed by atoms with Gasteiger partial charge in [-0.25, -0.2) is 0 Å². The smallest absolute Gasteiger partial charge is 0.257 e. The first-order chi connectivity index (χ1) is 8.69. The SMILES string of the molecule is COCc1nnc(NC(=O)c2cccc(C)c2)s1. The standard InChI is InChI=1S/C12H13N3O2S/c1-8-4-3-5-9(6-8)11(16)13-12-15-14-10(18-12)7-17-2/h3-6H,7H2,1-2H3,(H,13,15,16). The predicted octanol–water partition coefficient (Wildman–Crippen LogP) is 2.25. The Morgan fingerprint density at radius 1 is 1.44 bits per heavy atom. The van der Waals surface area contributed by atoms with Crippen LogP contribution >= 0.6 is 11.3 Å². The number of nitrogens with zero attached hydrogens (tertiary/aromatic N) is 2. The van der Waals surface area contributed by atoms with Crippen LogP contribution in [0, 0.1) is 6.92 Å². The molecule has 0 aliphatic heterocycles. The Bertz CT molecular complexity index is 554. The van der Waals surface area contributed by atoms with Crippen molar-refractivity contribution in [2.24, 2.45) is 0 Å². The maximum absolute atomic E-state index is 11.9. The van der Waals surface area contributed by atoms with Gasteiger partial charge in [-0.2, -0.15) is 0 Å². The number of aryl methyl sites for hydroxylation is 1. The Kier molecular flexibility index (Phi) is 4.01. The van der Waals surface area contributed by atoms with Gasteiger partial charge in [0, 0.05) is 12.7 Å².